The van der Waals surface area contributed by atoms with Gasteiger partial charge in [-0.3, -0.25) is 0 Å². The summed E-state index contributed by atoms with van der Waals surface area (Å²) in [6.45, 7) is 7.35. The summed E-state index contributed by atoms with van der Waals surface area (Å²) in [5.74, 6) is 0.591. The highest BCUT2D eigenvalue weighted by molar-refractivity contribution is 5.25. The molecule has 3 atom stereocenters. The van der Waals surface area contributed by atoms with Gasteiger partial charge in [-0.15, -0.1) is 0 Å². The lowest BCUT2D eigenvalue weighted by Crippen LogP contribution is -2.34. The van der Waals surface area contributed by atoms with Gasteiger partial charge in [0.1, 0.15) is 0 Å². The van der Waals surface area contributed by atoms with Crippen LogP contribution < -0.4 is 5.32 Å². The van der Waals surface area contributed by atoms with E-state index < -0.39 is 0 Å². The Hall–Kier alpha value is -1.33. The zero-order valence-corrected chi connectivity index (χ0v) is 11.0. The van der Waals surface area contributed by atoms with Crippen molar-refractivity contribution in [2.75, 3.05) is 6.54 Å². The summed E-state index contributed by atoms with van der Waals surface area (Å²) in [5, 5.41) is 12.7. The number of nitrogens with zero attached hydrogens (tertiary/aromatic N) is 1. The van der Waals surface area contributed by atoms with Crippen LogP contribution in [0.4, 0.5) is 0 Å². The summed E-state index contributed by atoms with van der Waals surface area (Å²) in [7, 11) is 0. The van der Waals surface area contributed by atoms with Gasteiger partial charge in [-0.25, -0.2) is 0 Å². The van der Waals surface area contributed by atoms with E-state index in [9.17, 15) is 5.26 Å². The molecule has 1 aromatic rings. The number of nitrogens with one attached hydrogen (secondary N) is 1. The van der Waals surface area contributed by atoms with Crippen LogP contribution in [0.25, 0.3) is 0 Å². The Morgan fingerprint density at radius 2 is 1.88 bits per heavy atom. The van der Waals surface area contributed by atoms with Gasteiger partial charge in [0.05, 0.1) is 12.0 Å². The predicted molar refractivity (Wildman–Crippen MR) is 71.7 cm³/mol. The number of hydrogen-bond acceptors (Lipinski definition) is 2. The molecule has 0 fully saturated rings. The first kappa shape index (κ1) is 13.7. The van der Waals surface area contributed by atoms with Crippen molar-refractivity contribution in [1.29, 1.82) is 5.26 Å². The molecule has 3 unspecified atom stereocenters. The van der Waals surface area contributed by atoms with Crippen LogP contribution >= 0.6 is 0 Å². The third-order valence-corrected chi connectivity index (χ3v) is 3.50. The van der Waals surface area contributed by atoms with E-state index in [1.807, 2.05) is 30.3 Å². The third kappa shape index (κ3) is 4.20. The molecule has 0 spiro atoms. The number of benzene rings is 1. The molecule has 1 rings (SSSR count). The van der Waals surface area contributed by atoms with Crippen molar-refractivity contribution in [2.24, 2.45) is 5.92 Å². The van der Waals surface area contributed by atoms with E-state index in [2.05, 4.69) is 32.2 Å². The fraction of sp³-hybridized carbons (Fsp3) is 0.533. The molecule has 0 radical (unpaired) electrons. The van der Waals surface area contributed by atoms with Crippen molar-refractivity contribution in [3.8, 4) is 6.07 Å². The average molecular weight is 230 g/mol. The molecule has 0 aromatic heterocycles. The lowest BCUT2D eigenvalue weighted by molar-refractivity contribution is 0.388. The Labute approximate surface area is 105 Å². The van der Waals surface area contributed by atoms with Gasteiger partial charge < -0.3 is 5.32 Å². The van der Waals surface area contributed by atoms with E-state index in [4.69, 9.17) is 0 Å². The van der Waals surface area contributed by atoms with Crippen LogP contribution in [0.15, 0.2) is 30.3 Å². The summed E-state index contributed by atoms with van der Waals surface area (Å²) in [5.41, 5.74) is 1.10. The average Bonchev–Trinajstić information content (AvgIpc) is 2.39. The van der Waals surface area contributed by atoms with Crippen molar-refractivity contribution in [3.05, 3.63) is 35.9 Å². The second-order valence-electron chi connectivity index (χ2n) is 4.67. The second-order valence-corrected chi connectivity index (χ2v) is 4.67. The monoisotopic (exact) mass is 230 g/mol. The van der Waals surface area contributed by atoms with Gasteiger partial charge in [-0.2, -0.15) is 5.26 Å². The van der Waals surface area contributed by atoms with Crippen LogP contribution in [0.5, 0.6) is 0 Å². The molecule has 0 saturated heterocycles. The van der Waals surface area contributed by atoms with Crippen molar-refractivity contribution >= 4 is 0 Å². The van der Waals surface area contributed by atoms with Gasteiger partial charge >= 0.3 is 0 Å². The number of hydrogen-bond donors (Lipinski definition) is 1. The molecule has 2 heteroatoms. The highest BCUT2D eigenvalue weighted by Crippen LogP contribution is 2.14. The molecule has 0 amide bonds. The quantitative estimate of drug-likeness (QED) is 0.813. The van der Waals surface area contributed by atoms with Crippen LogP contribution in [0, 0.1) is 17.2 Å². The molecule has 0 aliphatic carbocycles. The Bertz CT molecular complexity index is 353. The fourth-order valence-electron chi connectivity index (χ4n) is 1.78. The lowest BCUT2D eigenvalue weighted by atomic mass is 9.97. The predicted octanol–water partition coefficient (Wildman–Crippen LogP) is 3.32. The van der Waals surface area contributed by atoms with Gasteiger partial charge in [0.15, 0.2) is 0 Å². The van der Waals surface area contributed by atoms with Crippen LogP contribution in [0.2, 0.25) is 0 Å². The van der Waals surface area contributed by atoms with Gasteiger partial charge in [0.2, 0.25) is 0 Å². The maximum atomic E-state index is 9.20. The Kier molecular flexibility index (Phi) is 5.72. The van der Waals surface area contributed by atoms with E-state index in [0.717, 1.165) is 18.5 Å². The van der Waals surface area contributed by atoms with E-state index in [0.29, 0.717) is 12.0 Å². The van der Waals surface area contributed by atoms with Crippen molar-refractivity contribution < 1.29 is 0 Å². The molecule has 0 aliphatic rings. The second kappa shape index (κ2) is 7.09. The summed E-state index contributed by atoms with van der Waals surface area (Å²) < 4.78 is 0. The standard InChI is InChI=1S/C15H22N2/c1-4-12(2)13(3)17-11-15(10-16)14-8-6-5-7-9-14/h5-9,12-13,15,17H,4,11H2,1-3H3. The van der Waals surface area contributed by atoms with Gasteiger partial charge in [0.25, 0.3) is 0 Å². The summed E-state index contributed by atoms with van der Waals surface area (Å²) in [6, 6.07) is 12.8. The van der Waals surface area contributed by atoms with E-state index in [1.165, 1.54) is 0 Å². The smallest absolute Gasteiger partial charge is 0.0837 e. The SMILES string of the molecule is CCC(C)C(C)NCC(C#N)c1ccccc1. The molecular formula is C15H22N2. The lowest BCUT2D eigenvalue weighted by Gasteiger charge is -2.21. The minimum Gasteiger partial charge on any atom is -0.312 e. The Morgan fingerprint density at radius 1 is 1.24 bits per heavy atom. The van der Waals surface area contributed by atoms with E-state index in [-0.39, 0.29) is 5.92 Å². The number of nitriles is 1. The Balaban J connectivity index is 2.52. The molecule has 1 aromatic carbocycles. The van der Waals surface area contributed by atoms with Crippen LogP contribution in [0.3, 0.4) is 0 Å². The minimum atomic E-state index is -0.0530. The molecule has 1 N–H and O–H groups in total. The molecular weight excluding hydrogens is 208 g/mol. The largest absolute Gasteiger partial charge is 0.312 e. The highest BCUT2D eigenvalue weighted by atomic mass is 14.9. The summed E-state index contributed by atoms with van der Waals surface area (Å²) >= 11 is 0. The zero-order chi connectivity index (χ0) is 12.7. The summed E-state index contributed by atoms with van der Waals surface area (Å²) in [4.78, 5) is 0. The number of rotatable bonds is 6. The molecule has 92 valence electrons. The first-order chi connectivity index (χ1) is 8.19. The van der Waals surface area contributed by atoms with Crippen LogP contribution in [-0.2, 0) is 0 Å². The van der Waals surface area contributed by atoms with Gasteiger partial charge in [-0.1, -0.05) is 50.6 Å². The highest BCUT2D eigenvalue weighted by Gasteiger charge is 2.14. The van der Waals surface area contributed by atoms with E-state index >= 15 is 0 Å². The molecule has 0 aliphatic heterocycles. The topological polar surface area (TPSA) is 35.8 Å². The molecule has 0 saturated carbocycles. The Morgan fingerprint density at radius 3 is 2.41 bits per heavy atom. The van der Waals surface area contributed by atoms with Crippen molar-refractivity contribution in [2.45, 2.75) is 39.2 Å². The van der Waals surface area contributed by atoms with Crippen LogP contribution in [0.1, 0.15) is 38.7 Å². The first-order valence-corrected chi connectivity index (χ1v) is 6.37. The van der Waals surface area contributed by atoms with Crippen LogP contribution in [-0.4, -0.2) is 12.6 Å². The van der Waals surface area contributed by atoms with E-state index in [1.54, 1.807) is 0 Å². The van der Waals surface area contributed by atoms with Gasteiger partial charge in [-0.05, 0) is 18.4 Å². The molecule has 0 heterocycles. The van der Waals surface area contributed by atoms with Crippen molar-refractivity contribution in [3.63, 3.8) is 0 Å². The first-order valence-electron chi connectivity index (χ1n) is 6.37. The third-order valence-electron chi connectivity index (χ3n) is 3.50. The maximum absolute atomic E-state index is 9.20. The van der Waals surface area contributed by atoms with Crippen molar-refractivity contribution in [1.82, 2.24) is 5.32 Å². The summed E-state index contributed by atoms with van der Waals surface area (Å²) in [6.07, 6.45) is 1.16. The molecule has 17 heavy (non-hydrogen) atoms. The molecule has 2 nitrogen and oxygen atoms in total. The molecule has 0 bridgehead atoms. The maximum Gasteiger partial charge on any atom is 0.0837 e. The fourth-order valence-corrected chi connectivity index (χ4v) is 1.78. The minimum absolute atomic E-state index is 0.0530. The normalized spacial score (nSPS) is 15.9. The van der Waals surface area contributed by atoms with Gasteiger partial charge in [0, 0.05) is 12.6 Å². The zero-order valence-electron chi connectivity index (χ0n) is 11.0.